The first kappa shape index (κ1) is 7.22. The molecule has 0 aromatic carbocycles. The average molecular weight is 160 g/mol. The van der Waals surface area contributed by atoms with Gasteiger partial charge in [-0.3, -0.25) is 4.79 Å². The Bertz CT molecular complexity index is 151. The van der Waals surface area contributed by atoms with Crippen LogP contribution in [0.2, 0.25) is 0 Å². The molecule has 1 aliphatic rings. The Labute approximate surface area is 63.3 Å². The predicted molar refractivity (Wildman–Crippen MR) is 43.7 cm³/mol. The van der Waals surface area contributed by atoms with Gasteiger partial charge in [0.25, 0.3) is 0 Å². The summed E-state index contributed by atoms with van der Waals surface area (Å²) in [4.78, 5) is 12.4. The highest BCUT2D eigenvalue weighted by Gasteiger charge is 2.07. The molecule has 0 spiro atoms. The number of aldehydes is 1. The van der Waals surface area contributed by atoms with E-state index < -0.39 is 0 Å². The summed E-state index contributed by atoms with van der Waals surface area (Å²) in [7, 11) is 0. The van der Waals surface area contributed by atoms with E-state index in [0.717, 1.165) is 22.7 Å². The van der Waals surface area contributed by atoms with Gasteiger partial charge < -0.3 is 0 Å². The van der Waals surface area contributed by atoms with E-state index >= 15 is 0 Å². The van der Waals surface area contributed by atoms with Crippen LogP contribution >= 0.6 is 23.5 Å². The summed E-state index contributed by atoms with van der Waals surface area (Å²) in [5, 5.41) is 0. The van der Waals surface area contributed by atoms with Crippen LogP contribution in [-0.2, 0) is 4.79 Å². The van der Waals surface area contributed by atoms with Crippen LogP contribution < -0.4 is 0 Å². The number of thioether (sulfide) groups is 2. The molecular weight excluding hydrogens is 152 g/mol. The monoisotopic (exact) mass is 160 g/mol. The first-order valence-electron chi connectivity index (χ1n) is 2.76. The van der Waals surface area contributed by atoms with E-state index in [1.807, 2.05) is 6.92 Å². The minimum absolute atomic E-state index is 0.922. The summed E-state index contributed by atoms with van der Waals surface area (Å²) in [5.74, 6) is 2.23. The number of allylic oxidation sites excluding steroid dienone is 2. The van der Waals surface area contributed by atoms with E-state index in [2.05, 4.69) is 0 Å². The van der Waals surface area contributed by atoms with Gasteiger partial charge in [0.05, 0.1) is 4.91 Å². The molecule has 1 rings (SSSR count). The highest BCUT2D eigenvalue weighted by atomic mass is 32.2. The van der Waals surface area contributed by atoms with Crippen molar-refractivity contribution in [2.45, 2.75) is 6.92 Å². The van der Waals surface area contributed by atoms with E-state index in [-0.39, 0.29) is 0 Å². The van der Waals surface area contributed by atoms with Gasteiger partial charge in [-0.2, -0.15) is 0 Å². The minimum atomic E-state index is 0.922. The van der Waals surface area contributed by atoms with E-state index in [4.69, 9.17) is 0 Å². The van der Waals surface area contributed by atoms with Crippen LogP contribution in [0.5, 0.6) is 0 Å². The van der Waals surface area contributed by atoms with Gasteiger partial charge in [-0.25, -0.2) is 0 Å². The van der Waals surface area contributed by atoms with Gasteiger partial charge in [-0.1, -0.05) is 0 Å². The molecular formula is C6H8OS2. The lowest BCUT2D eigenvalue weighted by molar-refractivity contribution is -0.104. The third-order valence-electron chi connectivity index (χ3n) is 1.11. The topological polar surface area (TPSA) is 17.1 Å². The molecule has 0 fully saturated rings. The van der Waals surface area contributed by atoms with E-state index in [9.17, 15) is 4.79 Å². The summed E-state index contributed by atoms with van der Waals surface area (Å²) in [5.41, 5.74) is 0. The van der Waals surface area contributed by atoms with Gasteiger partial charge in [-0.15, -0.1) is 23.5 Å². The molecule has 0 bridgehead atoms. The smallest absolute Gasteiger partial charge is 0.157 e. The standard InChI is InChI=1S/C6H8OS2/c1-5-6(4-7)9-3-2-8-5/h4H,2-3H2,1H3. The second-order valence-corrected chi connectivity index (χ2v) is 4.18. The highest BCUT2D eigenvalue weighted by molar-refractivity contribution is 8.10. The minimum Gasteiger partial charge on any atom is -0.297 e. The second kappa shape index (κ2) is 3.32. The van der Waals surface area contributed by atoms with Crippen LogP contribution in [-0.4, -0.2) is 17.8 Å². The van der Waals surface area contributed by atoms with Gasteiger partial charge >= 0.3 is 0 Å². The molecule has 0 amide bonds. The fourth-order valence-electron chi connectivity index (χ4n) is 0.636. The van der Waals surface area contributed by atoms with Crippen LogP contribution in [0.25, 0.3) is 0 Å². The Morgan fingerprint density at radius 2 is 2.11 bits per heavy atom. The molecule has 9 heavy (non-hydrogen) atoms. The summed E-state index contributed by atoms with van der Waals surface area (Å²) >= 11 is 3.44. The van der Waals surface area contributed by atoms with Crippen molar-refractivity contribution >= 4 is 29.8 Å². The zero-order valence-electron chi connectivity index (χ0n) is 5.22. The SMILES string of the molecule is CC1=C(C=O)SCCS1. The van der Waals surface area contributed by atoms with Gasteiger partial charge in [-0.05, 0) is 11.8 Å². The fraction of sp³-hybridized carbons (Fsp3) is 0.500. The number of hydrogen-bond donors (Lipinski definition) is 0. The highest BCUT2D eigenvalue weighted by Crippen LogP contribution is 2.31. The number of carbonyl (C=O) groups is 1. The van der Waals surface area contributed by atoms with Crippen molar-refractivity contribution in [2.24, 2.45) is 0 Å². The molecule has 0 unspecified atom stereocenters. The molecule has 0 saturated carbocycles. The molecule has 1 aliphatic heterocycles. The van der Waals surface area contributed by atoms with Gasteiger partial charge in [0.15, 0.2) is 6.29 Å². The molecule has 0 atom stereocenters. The third kappa shape index (κ3) is 1.76. The average Bonchev–Trinajstić information content (AvgIpc) is 1.89. The normalized spacial score (nSPS) is 20.1. The lowest BCUT2D eigenvalue weighted by Crippen LogP contribution is -1.95. The lowest BCUT2D eigenvalue weighted by atomic mass is 10.5. The summed E-state index contributed by atoms with van der Waals surface area (Å²) in [6, 6.07) is 0. The molecule has 0 aliphatic carbocycles. The molecule has 1 heterocycles. The third-order valence-corrected chi connectivity index (χ3v) is 3.68. The Morgan fingerprint density at radius 1 is 1.44 bits per heavy atom. The summed E-state index contributed by atoms with van der Waals surface area (Å²) in [6.07, 6.45) is 0.951. The zero-order valence-corrected chi connectivity index (χ0v) is 6.85. The van der Waals surface area contributed by atoms with Crippen LogP contribution in [0, 0.1) is 0 Å². The number of rotatable bonds is 1. The molecule has 3 heteroatoms. The quantitative estimate of drug-likeness (QED) is 0.545. The van der Waals surface area contributed by atoms with E-state index in [0.29, 0.717) is 0 Å². The Hall–Kier alpha value is 0.110. The molecule has 0 aromatic rings. The first-order valence-corrected chi connectivity index (χ1v) is 4.73. The van der Waals surface area contributed by atoms with E-state index in [1.165, 1.54) is 4.91 Å². The summed E-state index contributed by atoms with van der Waals surface area (Å²) < 4.78 is 0. The van der Waals surface area contributed by atoms with Gasteiger partial charge in [0, 0.05) is 11.5 Å². The second-order valence-electron chi connectivity index (χ2n) is 1.74. The molecule has 1 nitrogen and oxygen atoms in total. The van der Waals surface area contributed by atoms with Crippen molar-refractivity contribution in [3.63, 3.8) is 0 Å². The van der Waals surface area contributed by atoms with Crippen molar-refractivity contribution < 1.29 is 4.79 Å². The van der Waals surface area contributed by atoms with Crippen molar-refractivity contribution in [2.75, 3.05) is 11.5 Å². The van der Waals surface area contributed by atoms with Gasteiger partial charge in [0.2, 0.25) is 0 Å². The predicted octanol–water partition coefficient (Wildman–Crippen LogP) is 1.90. The van der Waals surface area contributed by atoms with Crippen molar-refractivity contribution in [3.05, 3.63) is 9.81 Å². The maximum atomic E-state index is 10.3. The number of hydrogen-bond acceptors (Lipinski definition) is 3. The zero-order chi connectivity index (χ0) is 6.69. The molecule has 0 saturated heterocycles. The largest absolute Gasteiger partial charge is 0.297 e. The molecule has 0 N–H and O–H groups in total. The van der Waals surface area contributed by atoms with Crippen LogP contribution in [0.3, 0.4) is 0 Å². The molecule has 0 radical (unpaired) electrons. The van der Waals surface area contributed by atoms with Crippen molar-refractivity contribution in [3.8, 4) is 0 Å². The number of carbonyl (C=O) groups excluding carboxylic acids is 1. The fourth-order valence-corrected chi connectivity index (χ4v) is 2.64. The first-order chi connectivity index (χ1) is 4.34. The van der Waals surface area contributed by atoms with Gasteiger partial charge in [0.1, 0.15) is 0 Å². The molecule has 0 aromatic heterocycles. The Morgan fingerprint density at radius 3 is 2.56 bits per heavy atom. The van der Waals surface area contributed by atoms with Crippen LogP contribution in [0.4, 0.5) is 0 Å². The van der Waals surface area contributed by atoms with Crippen molar-refractivity contribution in [1.29, 1.82) is 0 Å². The maximum Gasteiger partial charge on any atom is 0.157 e. The van der Waals surface area contributed by atoms with Crippen LogP contribution in [0.15, 0.2) is 9.81 Å². The van der Waals surface area contributed by atoms with E-state index in [1.54, 1.807) is 23.5 Å². The lowest BCUT2D eigenvalue weighted by Gasteiger charge is -2.10. The summed E-state index contributed by atoms with van der Waals surface area (Å²) in [6.45, 7) is 2.00. The molecule has 50 valence electrons. The Balaban J connectivity index is 2.70. The Kier molecular flexibility index (Phi) is 2.66. The van der Waals surface area contributed by atoms with Crippen LogP contribution in [0.1, 0.15) is 6.92 Å². The maximum absolute atomic E-state index is 10.3. The van der Waals surface area contributed by atoms with Crippen molar-refractivity contribution in [1.82, 2.24) is 0 Å².